The minimum atomic E-state index is 0.517. The van der Waals surface area contributed by atoms with Crippen LogP contribution in [0, 0.1) is 22.7 Å². The molecule has 0 bridgehead atoms. The van der Waals surface area contributed by atoms with Crippen LogP contribution in [0.4, 0.5) is 0 Å². The average molecular weight is 715 g/mol. The van der Waals surface area contributed by atoms with Gasteiger partial charge in [0, 0.05) is 66.3 Å². The van der Waals surface area contributed by atoms with Crippen molar-refractivity contribution in [2.45, 2.75) is 0 Å². The van der Waals surface area contributed by atoms with Gasteiger partial charge in [0.2, 0.25) is 0 Å². The highest BCUT2D eigenvalue weighted by Crippen LogP contribution is 2.44. The molecule has 6 nitrogen and oxygen atoms in total. The van der Waals surface area contributed by atoms with Gasteiger partial charge >= 0.3 is 0 Å². The van der Waals surface area contributed by atoms with E-state index < -0.39 is 0 Å². The minimum Gasteiger partial charge on any atom is -0.456 e. The summed E-state index contributed by atoms with van der Waals surface area (Å²) in [5.74, 6) is 0. The van der Waals surface area contributed by atoms with E-state index in [9.17, 15) is 10.5 Å². The van der Waals surface area contributed by atoms with Gasteiger partial charge in [0.1, 0.15) is 22.3 Å². The van der Waals surface area contributed by atoms with E-state index in [2.05, 4.69) is 106 Å². The second-order valence-corrected chi connectivity index (χ2v) is 14.3. The summed E-state index contributed by atoms with van der Waals surface area (Å²) in [4.78, 5) is 0. The monoisotopic (exact) mass is 714 g/mol. The van der Waals surface area contributed by atoms with Crippen molar-refractivity contribution in [1.29, 1.82) is 10.5 Å². The molecule has 6 heteroatoms. The third kappa shape index (κ3) is 4.13. The molecule has 0 unspecified atom stereocenters. The van der Waals surface area contributed by atoms with E-state index in [0.29, 0.717) is 11.1 Å². The Bertz CT molecular complexity index is 3500. The topological polar surface area (TPSA) is 83.7 Å². The molecule has 8 aromatic carbocycles. The van der Waals surface area contributed by atoms with E-state index in [4.69, 9.17) is 8.83 Å². The third-order valence-corrected chi connectivity index (χ3v) is 11.4. The van der Waals surface area contributed by atoms with Crippen LogP contribution in [0.2, 0.25) is 0 Å². The Kier molecular flexibility index (Phi) is 6.10. The highest BCUT2D eigenvalue weighted by molar-refractivity contribution is 6.19. The van der Waals surface area contributed by atoms with E-state index in [1.54, 1.807) is 0 Å². The normalized spacial score (nSPS) is 11.9. The summed E-state index contributed by atoms with van der Waals surface area (Å²) < 4.78 is 17.4. The predicted molar refractivity (Wildman–Crippen MR) is 225 cm³/mol. The lowest BCUT2D eigenvalue weighted by molar-refractivity contribution is 0.669. The van der Waals surface area contributed by atoms with Crippen LogP contribution >= 0.6 is 0 Å². The summed E-state index contributed by atoms with van der Waals surface area (Å²) in [5.41, 5.74) is 11.7. The van der Waals surface area contributed by atoms with E-state index in [1.165, 1.54) is 0 Å². The number of benzene rings is 8. The lowest BCUT2D eigenvalue weighted by Gasteiger charge is -2.19. The van der Waals surface area contributed by atoms with E-state index in [-0.39, 0.29) is 0 Å². The van der Waals surface area contributed by atoms with Crippen LogP contribution in [0.5, 0.6) is 0 Å². The number of rotatable bonds is 3. The molecule has 56 heavy (non-hydrogen) atoms. The Balaban J connectivity index is 1.20. The van der Waals surface area contributed by atoms with Crippen molar-refractivity contribution in [2.75, 3.05) is 0 Å². The molecular weight excluding hydrogens is 689 g/mol. The molecule has 0 aliphatic rings. The number of nitrogens with zero attached hydrogens (tertiary/aromatic N) is 4. The maximum atomic E-state index is 10.3. The largest absolute Gasteiger partial charge is 0.456 e. The van der Waals surface area contributed by atoms with Crippen molar-refractivity contribution < 1.29 is 8.83 Å². The zero-order chi connectivity index (χ0) is 37.1. The second kappa shape index (κ2) is 11.2. The van der Waals surface area contributed by atoms with Crippen LogP contribution in [0.1, 0.15) is 11.1 Å². The van der Waals surface area contributed by atoms with Gasteiger partial charge in [-0.2, -0.15) is 10.5 Å². The number of aromatic nitrogens is 2. The molecule has 4 heterocycles. The number of hydrogen-bond acceptors (Lipinski definition) is 4. The third-order valence-electron chi connectivity index (χ3n) is 11.4. The fourth-order valence-corrected chi connectivity index (χ4v) is 8.93. The first-order valence-electron chi connectivity index (χ1n) is 18.5. The summed E-state index contributed by atoms with van der Waals surface area (Å²) in [6.45, 7) is 0. The molecule has 0 saturated heterocycles. The summed E-state index contributed by atoms with van der Waals surface area (Å²) in [6.07, 6.45) is 0. The Labute approximate surface area is 318 Å². The van der Waals surface area contributed by atoms with Gasteiger partial charge < -0.3 is 18.0 Å². The summed E-state index contributed by atoms with van der Waals surface area (Å²) in [6, 6.07) is 58.3. The van der Waals surface area contributed by atoms with Gasteiger partial charge in [0.15, 0.2) is 0 Å². The Morgan fingerprint density at radius 1 is 0.339 bits per heavy atom. The van der Waals surface area contributed by atoms with Gasteiger partial charge in [-0.15, -0.1) is 0 Å². The van der Waals surface area contributed by atoms with E-state index in [0.717, 1.165) is 110 Å². The predicted octanol–water partition coefficient (Wildman–Crippen LogP) is 13.1. The first-order valence-corrected chi connectivity index (χ1v) is 18.5. The summed E-state index contributed by atoms with van der Waals surface area (Å²) in [5, 5.41) is 29.3. The highest BCUT2D eigenvalue weighted by atomic mass is 16.3. The summed E-state index contributed by atoms with van der Waals surface area (Å²) >= 11 is 0. The van der Waals surface area contributed by atoms with Crippen LogP contribution in [-0.4, -0.2) is 9.13 Å². The molecule has 0 spiro atoms. The second-order valence-electron chi connectivity index (χ2n) is 14.3. The number of fused-ring (bicyclic) bond motifs is 12. The molecule has 4 aromatic heterocycles. The Morgan fingerprint density at radius 3 is 1.20 bits per heavy atom. The van der Waals surface area contributed by atoms with Crippen molar-refractivity contribution >= 4 is 87.5 Å². The van der Waals surface area contributed by atoms with Gasteiger partial charge in [-0.05, 0) is 72.8 Å². The molecule has 12 rings (SSSR count). The fraction of sp³-hybridized carbons (Fsp3) is 0. The molecule has 258 valence electrons. The number of para-hydroxylation sites is 4. The molecule has 0 atom stereocenters. The van der Waals surface area contributed by atoms with Gasteiger partial charge in [-0.25, -0.2) is 0 Å². The fourth-order valence-electron chi connectivity index (χ4n) is 8.93. The SMILES string of the molecule is N#Cc1ccc(-n2c3ccccc3c3cc4c(cc32)oc2ccccc24)c(-c2cc(C#N)ccc2-n2c3ccccc3c3cc4c(cc32)oc2ccccc24)c1. The van der Waals surface area contributed by atoms with Crippen molar-refractivity contribution in [2.24, 2.45) is 0 Å². The minimum absolute atomic E-state index is 0.517. The molecule has 0 aliphatic heterocycles. The number of hydrogen-bond donors (Lipinski definition) is 0. The number of furan rings is 2. The molecule has 0 saturated carbocycles. The van der Waals surface area contributed by atoms with Gasteiger partial charge in [-0.3, -0.25) is 0 Å². The lowest BCUT2D eigenvalue weighted by Crippen LogP contribution is -2.02. The van der Waals surface area contributed by atoms with Crippen molar-refractivity contribution in [3.63, 3.8) is 0 Å². The first-order chi connectivity index (χ1) is 27.7. The van der Waals surface area contributed by atoms with Crippen molar-refractivity contribution in [3.05, 3.63) is 169 Å². The molecular formula is C50H26N4O2. The van der Waals surface area contributed by atoms with Crippen LogP contribution < -0.4 is 0 Å². The molecule has 0 amide bonds. The van der Waals surface area contributed by atoms with Crippen molar-refractivity contribution in [1.82, 2.24) is 9.13 Å². The maximum Gasteiger partial charge on any atom is 0.137 e. The molecule has 0 radical (unpaired) electrons. The lowest BCUT2D eigenvalue weighted by atomic mass is 9.97. The first kappa shape index (κ1) is 30.4. The molecule has 12 aromatic rings. The van der Waals surface area contributed by atoms with Crippen LogP contribution in [0.25, 0.3) is 110 Å². The zero-order valence-corrected chi connectivity index (χ0v) is 29.6. The Morgan fingerprint density at radius 2 is 0.750 bits per heavy atom. The molecule has 0 aliphatic carbocycles. The van der Waals surface area contributed by atoms with Gasteiger partial charge in [-0.1, -0.05) is 72.8 Å². The maximum absolute atomic E-state index is 10.3. The van der Waals surface area contributed by atoms with Crippen molar-refractivity contribution in [3.8, 4) is 34.6 Å². The van der Waals surface area contributed by atoms with E-state index >= 15 is 0 Å². The van der Waals surface area contributed by atoms with Crippen LogP contribution in [0.3, 0.4) is 0 Å². The standard InChI is InChI=1S/C50H26N4O2/c51-27-29-17-19-43(53-41-13-5-1-9-31(41)37-23-39-33-11-3-7-15-47(33)55-49(39)25-45(37)53)35(21-29)36-22-30(28-52)18-20-44(36)54-42-14-6-2-10-32(42)38-24-40-34-12-4-8-16-48(34)56-50(40)26-46(38)54/h1-26H. The van der Waals surface area contributed by atoms with E-state index in [1.807, 2.05) is 72.8 Å². The molecule has 0 fully saturated rings. The highest BCUT2D eigenvalue weighted by Gasteiger charge is 2.23. The summed E-state index contributed by atoms with van der Waals surface area (Å²) in [7, 11) is 0. The zero-order valence-electron chi connectivity index (χ0n) is 29.6. The quantitative estimate of drug-likeness (QED) is 0.182. The number of nitriles is 2. The smallest absolute Gasteiger partial charge is 0.137 e. The van der Waals surface area contributed by atoms with Gasteiger partial charge in [0.25, 0.3) is 0 Å². The van der Waals surface area contributed by atoms with Crippen LogP contribution in [-0.2, 0) is 0 Å². The Hall–Kier alpha value is -8.06. The van der Waals surface area contributed by atoms with Gasteiger partial charge in [0.05, 0.1) is 56.7 Å². The molecule has 0 N–H and O–H groups in total. The van der Waals surface area contributed by atoms with Crippen LogP contribution in [0.15, 0.2) is 167 Å². The average Bonchev–Trinajstić information content (AvgIpc) is 3.99.